The number of ether oxygens (including phenoxy) is 1. The molecule has 0 aromatic carbocycles. The lowest BCUT2D eigenvalue weighted by Gasteiger charge is -2.23. The zero-order valence-corrected chi connectivity index (χ0v) is 13.0. The van der Waals surface area contributed by atoms with Crippen LogP contribution < -0.4 is 4.73 Å². The maximum Gasteiger partial charge on any atom is 0.263 e. The van der Waals surface area contributed by atoms with Crippen LogP contribution in [0.1, 0.15) is 39.1 Å². The van der Waals surface area contributed by atoms with Gasteiger partial charge in [-0.15, -0.1) is 10.2 Å². The van der Waals surface area contributed by atoms with Crippen LogP contribution in [0.25, 0.3) is 11.5 Å². The molecular weight excluding hydrogens is 292 g/mol. The van der Waals surface area contributed by atoms with Crippen LogP contribution in [0.15, 0.2) is 18.3 Å². The summed E-state index contributed by atoms with van der Waals surface area (Å²) in [6.07, 6.45) is 1.26. The Morgan fingerprint density at radius 1 is 1.10 bits per heavy atom. The van der Waals surface area contributed by atoms with E-state index in [1.54, 1.807) is 12.1 Å². The Hall–Kier alpha value is -1.79. The van der Waals surface area contributed by atoms with E-state index in [9.17, 15) is 5.21 Å². The Morgan fingerprint density at radius 2 is 1.76 bits per heavy atom. The second kappa shape index (κ2) is 4.35. The molecule has 0 N–H and O–H groups in total. The molecule has 2 aromatic heterocycles. The first kappa shape index (κ1) is 14.2. The van der Waals surface area contributed by atoms with Crippen molar-refractivity contribution < 1.29 is 9.47 Å². The van der Waals surface area contributed by atoms with Gasteiger partial charge in [-0.3, -0.25) is 0 Å². The summed E-state index contributed by atoms with van der Waals surface area (Å²) >= 11 is 5.78. The fraction of sp³-hybridized carbons (Fsp3) is 0.429. The quantitative estimate of drug-likeness (QED) is 0.597. The van der Waals surface area contributed by atoms with Crippen LogP contribution in [0.4, 0.5) is 0 Å². The molecule has 0 spiro atoms. The number of hydrogen-bond acceptors (Lipinski definition) is 5. The Bertz CT molecular complexity index is 731. The van der Waals surface area contributed by atoms with Crippen LogP contribution in [0.3, 0.4) is 0 Å². The zero-order chi connectivity index (χ0) is 15.4. The molecule has 0 bridgehead atoms. The third kappa shape index (κ3) is 2.24. The highest BCUT2D eigenvalue weighted by molar-refractivity contribution is 6.30. The van der Waals surface area contributed by atoms with Crippen LogP contribution >= 0.6 is 11.6 Å². The van der Waals surface area contributed by atoms with Crippen LogP contribution in [0.5, 0.6) is 0 Å². The molecule has 0 saturated carbocycles. The summed E-state index contributed by atoms with van der Waals surface area (Å²) in [5.74, 6) is 0.259. The molecule has 0 amide bonds. The van der Waals surface area contributed by atoms with Crippen molar-refractivity contribution in [2.45, 2.75) is 38.9 Å². The summed E-state index contributed by atoms with van der Waals surface area (Å²) in [5.41, 5.74) is 0.569. The molecule has 110 valence electrons. The molecule has 0 unspecified atom stereocenters. The highest BCUT2D eigenvalue weighted by Crippen LogP contribution is 2.44. The lowest BCUT2D eigenvalue weighted by atomic mass is 10.0. The number of rotatable bonds is 1. The Labute approximate surface area is 127 Å². The number of pyridine rings is 1. The van der Waals surface area contributed by atoms with Crippen molar-refractivity contribution in [3.8, 4) is 11.5 Å². The average Bonchev–Trinajstić information content (AvgIpc) is 2.55. The van der Waals surface area contributed by atoms with Crippen LogP contribution in [0.2, 0.25) is 5.02 Å². The lowest BCUT2D eigenvalue weighted by molar-refractivity contribution is -0.593. The monoisotopic (exact) mass is 306 g/mol. The molecule has 7 heteroatoms. The molecule has 1 aliphatic heterocycles. The molecular formula is C14H15ClN4O2. The minimum atomic E-state index is -0.580. The summed E-state index contributed by atoms with van der Waals surface area (Å²) in [6.45, 7) is 7.69. The minimum Gasteiger partial charge on any atom is -0.618 e. The first-order chi connectivity index (χ1) is 9.71. The van der Waals surface area contributed by atoms with Crippen molar-refractivity contribution in [2.24, 2.45) is 0 Å². The molecule has 1 aliphatic rings. The largest absolute Gasteiger partial charge is 0.618 e. The van der Waals surface area contributed by atoms with Crippen molar-refractivity contribution in [3.63, 3.8) is 0 Å². The average molecular weight is 307 g/mol. The van der Waals surface area contributed by atoms with Gasteiger partial charge in [-0.05, 0) is 33.8 Å². The smallest absolute Gasteiger partial charge is 0.263 e. The number of aromatic nitrogens is 4. The number of halogens is 1. The zero-order valence-electron chi connectivity index (χ0n) is 12.2. The van der Waals surface area contributed by atoms with Crippen LogP contribution in [0, 0.1) is 5.21 Å². The number of fused-ring (bicyclic) bond motifs is 1. The Kier molecular flexibility index (Phi) is 2.93. The van der Waals surface area contributed by atoms with E-state index in [1.807, 2.05) is 27.7 Å². The van der Waals surface area contributed by atoms with Gasteiger partial charge in [-0.2, -0.15) is 4.73 Å². The number of nitrogens with zero attached hydrogens (tertiary/aromatic N) is 4. The van der Waals surface area contributed by atoms with Gasteiger partial charge < -0.3 is 9.94 Å². The van der Waals surface area contributed by atoms with Gasteiger partial charge in [-0.1, -0.05) is 11.6 Å². The van der Waals surface area contributed by atoms with Gasteiger partial charge in [0.15, 0.2) is 6.20 Å². The van der Waals surface area contributed by atoms with E-state index in [0.717, 1.165) is 0 Å². The topological polar surface area (TPSA) is 74.8 Å². The van der Waals surface area contributed by atoms with Gasteiger partial charge in [0.25, 0.3) is 5.69 Å². The van der Waals surface area contributed by atoms with E-state index >= 15 is 0 Å². The fourth-order valence-corrected chi connectivity index (χ4v) is 2.78. The molecule has 0 radical (unpaired) electrons. The maximum atomic E-state index is 11.9. The summed E-state index contributed by atoms with van der Waals surface area (Å²) in [7, 11) is 0. The van der Waals surface area contributed by atoms with Gasteiger partial charge in [0.1, 0.15) is 27.6 Å². The van der Waals surface area contributed by atoms with Crippen LogP contribution in [-0.2, 0) is 15.9 Å². The molecule has 0 aliphatic carbocycles. The van der Waals surface area contributed by atoms with Crippen molar-refractivity contribution in [1.82, 2.24) is 15.2 Å². The maximum absolute atomic E-state index is 11.9. The SMILES string of the molecule is CC1(C)OC(C)(C)c2nc(-c3ccc(Cl)c[n+]3[O-])nnc21. The molecule has 6 nitrogen and oxygen atoms in total. The van der Waals surface area contributed by atoms with Gasteiger partial charge in [0.05, 0.1) is 0 Å². The van der Waals surface area contributed by atoms with Crippen LogP contribution in [-0.4, -0.2) is 15.2 Å². The predicted molar refractivity (Wildman–Crippen MR) is 76.4 cm³/mol. The van der Waals surface area contributed by atoms with E-state index in [2.05, 4.69) is 15.2 Å². The molecule has 0 saturated heterocycles. The molecule has 2 aromatic rings. The second-order valence-electron chi connectivity index (χ2n) is 6.01. The third-order valence-electron chi connectivity index (χ3n) is 3.45. The molecule has 21 heavy (non-hydrogen) atoms. The lowest BCUT2D eigenvalue weighted by Crippen LogP contribution is -2.29. The first-order valence-corrected chi connectivity index (χ1v) is 6.93. The van der Waals surface area contributed by atoms with Gasteiger partial charge in [0.2, 0.25) is 5.82 Å². The van der Waals surface area contributed by atoms with E-state index < -0.39 is 11.2 Å². The summed E-state index contributed by atoms with van der Waals surface area (Å²) in [6, 6.07) is 3.19. The summed E-state index contributed by atoms with van der Waals surface area (Å²) in [5, 5.41) is 20.6. The highest BCUT2D eigenvalue weighted by atomic mass is 35.5. The van der Waals surface area contributed by atoms with Crippen molar-refractivity contribution in [2.75, 3.05) is 0 Å². The summed E-state index contributed by atoms with van der Waals surface area (Å²) < 4.78 is 6.61. The van der Waals surface area contributed by atoms with Crippen molar-refractivity contribution in [3.05, 3.63) is 39.9 Å². The predicted octanol–water partition coefficient (Wildman–Crippen LogP) is 2.33. The first-order valence-electron chi connectivity index (χ1n) is 6.56. The molecule has 3 heterocycles. The van der Waals surface area contributed by atoms with E-state index in [4.69, 9.17) is 16.3 Å². The standard InChI is InChI=1S/C14H15ClN4O2/c1-13(2)10-11(14(3,4)21-13)17-18-12(16-10)9-6-5-8(15)7-19(9)20/h5-7H,1-4H3. The number of hydrogen-bond donors (Lipinski definition) is 0. The normalized spacial score (nSPS) is 18.5. The third-order valence-corrected chi connectivity index (χ3v) is 3.67. The van der Waals surface area contributed by atoms with Gasteiger partial charge >= 0.3 is 0 Å². The van der Waals surface area contributed by atoms with E-state index in [0.29, 0.717) is 26.8 Å². The van der Waals surface area contributed by atoms with E-state index in [1.165, 1.54) is 6.20 Å². The van der Waals surface area contributed by atoms with Gasteiger partial charge in [-0.25, -0.2) is 4.98 Å². The van der Waals surface area contributed by atoms with E-state index in [-0.39, 0.29) is 5.82 Å². The van der Waals surface area contributed by atoms with Crippen molar-refractivity contribution >= 4 is 11.6 Å². The second-order valence-corrected chi connectivity index (χ2v) is 6.45. The minimum absolute atomic E-state index is 0.259. The van der Waals surface area contributed by atoms with Crippen molar-refractivity contribution in [1.29, 1.82) is 0 Å². The van der Waals surface area contributed by atoms with Gasteiger partial charge in [0, 0.05) is 6.07 Å². The molecule has 0 atom stereocenters. The molecule has 0 fully saturated rings. The Morgan fingerprint density at radius 3 is 2.43 bits per heavy atom. The molecule has 3 rings (SSSR count). The fourth-order valence-electron chi connectivity index (χ4n) is 2.62. The summed E-state index contributed by atoms with van der Waals surface area (Å²) in [4.78, 5) is 4.50. The Balaban J connectivity index is 2.17. The highest BCUT2D eigenvalue weighted by Gasteiger charge is 2.46.